The molecule has 6 nitrogen and oxygen atoms in total. The fourth-order valence-corrected chi connectivity index (χ4v) is 3.85. The third-order valence-electron chi connectivity index (χ3n) is 4.03. The molecule has 1 saturated heterocycles. The molecule has 1 aliphatic heterocycles. The van der Waals surface area contributed by atoms with Gasteiger partial charge in [0.25, 0.3) is 10.0 Å². The van der Waals surface area contributed by atoms with Crippen LogP contribution in [0.25, 0.3) is 0 Å². The molecule has 0 aliphatic carbocycles. The Morgan fingerprint density at radius 1 is 1.12 bits per heavy atom. The summed E-state index contributed by atoms with van der Waals surface area (Å²) in [6.07, 6.45) is 1.31. The van der Waals surface area contributed by atoms with Crippen molar-refractivity contribution in [2.24, 2.45) is 0 Å². The van der Waals surface area contributed by atoms with E-state index in [1.807, 2.05) is 0 Å². The molecule has 1 N–H and O–H groups in total. The predicted octanol–water partition coefficient (Wildman–Crippen LogP) is 2.82. The normalized spacial score (nSPS) is 14.6. The summed E-state index contributed by atoms with van der Waals surface area (Å²) < 4.78 is 27.6. The van der Waals surface area contributed by atoms with Crippen LogP contribution in [0.1, 0.15) is 30.1 Å². The second kappa shape index (κ2) is 6.68. The summed E-state index contributed by atoms with van der Waals surface area (Å²) in [6.45, 7) is 2.02. The third kappa shape index (κ3) is 3.71. The van der Waals surface area contributed by atoms with Gasteiger partial charge in [-0.1, -0.05) is 18.2 Å². The highest BCUT2D eigenvalue weighted by molar-refractivity contribution is 7.92. The molecular formula is C18H18N2O4S. The van der Waals surface area contributed by atoms with E-state index in [1.165, 1.54) is 25.1 Å². The highest BCUT2D eigenvalue weighted by atomic mass is 32.2. The number of anilines is 2. The molecule has 0 unspecified atom stereocenters. The summed E-state index contributed by atoms with van der Waals surface area (Å²) in [4.78, 5) is 25.0. The van der Waals surface area contributed by atoms with Crippen LogP contribution < -0.4 is 9.62 Å². The summed E-state index contributed by atoms with van der Waals surface area (Å²) in [6, 6.07) is 12.6. The van der Waals surface area contributed by atoms with Crippen molar-refractivity contribution in [3.8, 4) is 0 Å². The summed E-state index contributed by atoms with van der Waals surface area (Å²) in [7, 11) is -3.83. The van der Waals surface area contributed by atoms with E-state index in [4.69, 9.17) is 0 Å². The topological polar surface area (TPSA) is 83.6 Å². The smallest absolute Gasteiger partial charge is 0.261 e. The van der Waals surface area contributed by atoms with Crippen LogP contribution in [0.2, 0.25) is 0 Å². The van der Waals surface area contributed by atoms with E-state index in [1.54, 1.807) is 35.2 Å². The minimum Gasteiger partial charge on any atom is -0.312 e. The Kier molecular flexibility index (Phi) is 4.59. The van der Waals surface area contributed by atoms with E-state index in [9.17, 15) is 18.0 Å². The molecule has 2 aromatic carbocycles. The number of Topliss-reactive ketones (excluding diaryl/α,β-unsaturated/α-hetero) is 1. The maximum Gasteiger partial charge on any atom is 0.261 e. The van der Waals surface area contributed by atoms with Gasteiger partial charge in [0.05, 0.1) is 10.6 Å². The lowest BCUT2D eigenvalue weighted by Gasteiger charge is -2.17. The first-order chi connectivity index (χ1) is 11.9. The van der Waals surface area contributed by atoms with Crippen molar-refractivity contribution in [3.63, 3.8) is 0 Å². The first-order valence-corrected chi connectivity index (χ1v) is 9.39. The zero-order chi connectivity index (χ0) is 18.0. The van der Waals surface area contributed by atoms with Crippen LogP contribution in [0.15, 0.2) is 53.4 Å². The van der Waals surface area contributed by atoms with Crippen molar-refractivity contribution < 1.29 is 18.0 Å². The monoisotopic (exact) mass is 358 g/mol. The van der Waals surface area contributed by atoms with E-state index in [0.717, 1.165) is 6.42 Å². The lowest BCUT2D eigenvalue weighted by atomic mass is 10.2. The van der Waals surface area contributed by atoms with Crippen LogP contribution in [-0.2, 0) is 14.8 Å². The van der Waals surface area contributed by atoms with Crippen molar-refractivity contribution in [1.29, 1.82) is 0 Å². The number of nitrogens with zero attached hydrogens (tertiary/aromatic N) is 1. The summed E-state index contributed by atoms with van der Waals surface area (Å²) in [5, 5.41) is 0. The molecule has 0 bridgehead atoms. The first-order valence-electron chi connectivity index (χ1n) is 7.91. The molecule has 0 radical (unpaired) electrons. The quantitative estimate of drug-likeness (QED) is 0.833. The molecule has 1 aliphatic rings. The van der Waals surface area contributed by atoms with Gasteiger partial charge in [0.2, 0.25) is 5.91 Å². The maximum absolute atomic E-state index is 12.6. The van der Waals surface area contributed by atoms with Gasteiger partial charge < -0.3 is 4.90 Å². The Hall–Kier alpha value is -2.67. The Bertz CT molecular complexity index is 938. The SMILES string of the molecule is CC(=O)c1cccc(S(=O)(=O)Nc2cccc(N3CCCC3=O)c2)c1. The van der Waals surface area contributed by atoms with E-state index >= 15 is 0 Å². The van der Waals surface area contributed by atoms with Gasteiger partial charge in [0.15, 0.2) is 5.78 Å². The van der Waals surface area contributed by atoms with Gasteiger partial charge in [0, 0.05) is 24.2 Å². The Balaban J connectivity index is 1.87. The molecule has 2 aromatic rings. The predicted molar refractivity (Wildman–Crippen MR) is 95.3 cm³/mol. The molecule has 3 rings (SSSR count). The number of carbonyl (C=O) groups is 2. The third-order valence-corrected chi connectivity index (χ3v) is 5.41. The van der Waals surface area contributed by atoms with Gasteiger partial charge in [-0.05, 0) is 43.7 Å². The van der Waals surface area contributed by atoms with Crippen LogP contribution in [0.5, 0.6) is 0 Å². The van der Waals surface area contributed by atoms with Crippen LogP contribution in [0.4, 0.5) is 11.4 Å². The van der Waals surface area contributed by atoms with Crippen molar-refractivity contribution in [1.82, 2.24) is 0 Å². The van der Waals surface area contributed by atoms with Crippen LogP contribution >= 0.6 is 0 Å². The minimum absolute atomic E-state index is 0.0165. The standard InChI is InChI=1S/C18H18N2O4S/c1-13(21)14-5-2-8-17(11-14)25(23,24)19-15-6-3-7-16(12-15)20-10-4-9-18(20)22/h2-3,5-8,11-12,19H,4,9-10H2,1H3. The zero-order valence-electron chi connectivity index (χ0n) is 13.7. The maximum atomic E-state index is 12.6. The average Bonchev–Trinajstić information content (AvgIpc) is 3.01. The highest BCUT2D eigenvalue weighted by Crippen LogP contribution is 2.25. The number of sulfonamides is 1. The Morgan fingerprint density at radius 3 is 2.56 bits per heavy atom. The van der Waals surface area contributed by atoms with Crippen molar-refractivity contribution in [2.75, 3.05) is 16.2 Å². The average molecular weight is 358 g/mol. The minimum atomic E-state index is -3.83. The number of hydrogen-bond donors (Lipinski definition) is 1. The van der Waals surface area contributed by atoms with Crippen LogP contribution in [-0.4, -0.2) is 26.7 Å². The van der Waals surface area contributed by atoms with Gasteiger partial charge in [-0.2, -0.15) is 0 Å². The fourth-order valence-electron chi connectivity index (χ4n) is 2.75. The molecule has 1 amide bonds. The Morgan fingerprint density at radius 2 is 1.88 bits per heavy atom. The first kappa shape index (κ1) is 17.2. The second-order valence-electron chi connectivity index (χ2n) is 5.89. The van der Waals surface area contributed by atoms with E-state index in [0.29, 0.717) is 29.9 Å². The number of ketones is 1. The zero-order valence-corrected chi connectivity index (χ0v) is 14.5. The van der Waals surface area contributed by atoms with Crippen molar-refractivity contribution in [2.45, 2.75) is 24.7 Å². The molecule has 7 heteroatoms. The summed E-state index contributed by atoms with van der Waals surface area (Å²) in [5.41, 5.74) is 1.37. The van der Waals surface area contributed by atoms with Gasteiger partial charge >= 0.3 is 0 Å². The largest absolute Gasteiger partial charge is 0.312 e. The molecular weight excluding hydrogens is 340 g/mol. The summed E-state index contributed by atoms with van der Waals surface area (Å²) >= 11 is 0. The molecule has 0 atom stereocenters. The van der Waals surface area contributed by atoms with Crippen LogP contribution in [0.3, 0.4) is 0 Å². The number of nitrogens with one attached hydrogen (secondary N) is 1. The number of hydrogen-bond acceptors (Lipinski definition) is 4. The van der Waals surface area contributed by atoms with Gasteiger partial charge in [-0.15, -0.1) is 0 Å². The molecule has 25 heavy (non-hydrogen) atoms. The van der Waals surface area contributed by atoms with Gasteiger partial charge in [0.1, 0.15) is 0 Å². The molecule has 130 valence electrons. The second-order valence-corrected chi connectivity index (χ2v) is 7.57. The molecule has 0 spiro atoms. The lowest BCUT2D eigenvalue weighted by molar-refractivity contribution is -0.117. The number of amides is 1. The molecule has 1 heterocycles. The molecule has 0 aromatic heterocycles. The Labute approximate surface area is 146 Å². The number of carbonyl (C=O) groups excluding carboxylic acids is 2. The van der Waals surface area contributed by atoms with Crippen LogP contribution in [0, 0.1) is 0 Å². The van der Waals surface area contributed by atoms with Crippen molar-refractivity contribution >= 4 is 33.1 Å². The van der Waals surface area contributed by atoms with E-state index in [2.05, 4.69) is 4.72 Å². The molecule has 1 fully saturated rings. The van der Waals surface area contributed by atoms with Gasteiger partial charge in [-0.25, -0.2) is 8.42 Å². The van der Waals surface area contributed by atoms with Gasteiger partial charge in [-0.3, -0.25) is 14.3 Å². The van der Waals surface area contributed by atoms with E-state index < -0.39 is 10.0 Å². The fraction of sp³-hybridized carbons (Fsp3) is 0.222. The number of benzene rings is 2. The lowest BCUT2D eigenvalue weighted by Crippen LogP contribution is -2.23. The molecule has 0 saturated carbocycles. The number of rotatable bonds is 5. The van der Waals surface area contributed by atoms with Crippen molar-refractivity contribution in [3.05, 3.63) is 54.1 Å². The van der Waals surface area contributed by atoms with E-state index in [-0.39, 0.29) is 16.6 Å². The summed E-state index contributed by atoms with van der Waals surface area (Å²) in [5.74, 6) is -0.166. The highest BCUT2D eigenvalue weighted by Gasteiger charge is 2.22.